The van der Waals surface area contributed by atoms with Gasteiger partial charge in [0.15, 0.2) is 0 Å². The molecule has 2 N–H and O–H groups in total. The quantitative estimate of drug-likeness (QED) is 0.861. The summed E-state index contributed by atoms with van der Waals surface area (Å²) in [7, 11) is 0. The van der Waals surface area contributed by atoms with Crippen LogP contribution in [0, 0.1) is 5.92 Å². The maximum atomic E-state index is 12.3. The predicted octanol–water partition coefficient (Wildman–Crippen LogP) is 3.62. The van der Waals surface area contributed by atoms with Crippen LogP contribution in [0.25, 0.3) is 0 Å². The highest BCUT2D eigenvalue weighted by Gasteiger charge is 2.29. The van der Waals surface area contributed by atoms with Crippen molar-refractivity contribution in [2.24, 2.45) is 11.7 Å². The first-order valence-electron chi connectivity index (χ1n) is 5.70. The van der Waals surface area contributed by atoms with Gasteiger partial charge in [0, 0.05) is 6.04 Å². The van der Waals surface area contributed by atoms with Crippen LogP contribution < -0.4 is 5.73 Å². The number of nitrogens with two attached hydrogens (primary N) is 1. The Morgan fingerprint density at radius 2 is 1.65 bits per heavy atom. The Labute approximate surface area is 99.8 Å². The van der Waals surface area contributed by atoms with Crippen molar-refractivity contribution in [3.05, 3.63) is 35.4 Å². The van der Waals surface area contributed by atoms with Crippen LogP contribution >= 0.6 is 0 Å². The van der Waals surface area contributed by atoms with E-state index in [9.17, 15) is 13.2 Å². The average Bonchev–Trinajstić information content (AvgIpc) is 2.15. The second kappa shape index (κ2) is 5.54. The number of halogens is 3. The standard InChI is InChI=1S/C13H18F3N/c1-9(2)7-12(17)8-10-3-5-11(6-4-10)13(14,15)16/h3-6,9,12H,7-8,17H2,1-2H3. The third-order valence-electron chi connectivity index (χ3n) is 2.55. The van der Waals surface area contributed by atoms with Gasteiger partial charge < -0.3 is 5.73 Å². The van der Waals surface area contributed by atoms with Crippen molar-refractivity contribution in [3.63, 3.8) is 0 Å². The molecule has 0 aromatic heterocycles. The van der Waals surface area contributed by atoms with Crippen LogP contribution in [0.4, 0.5) is 13.2 Å². The summed E-state index contributed by atoms with van der Waals surface area (Å²) in [5.41, 5.74) is 6.15. The molecular weight excluding hydrogens is 227 g/mol. The van der Waals surface area contributed by atoms with Crippen LogP contribution in [0.5, 0.6) is 0 Å². The van der Waals surface area contributed by atoms with E-state index in [0.29, 0.717) is 12.3 Å². The Bertz CT molecular complexity index is 341. The molecule has 1 aromatic rings. The second-order valence-corrected chi connectivity index (χ2v) is 4.79. The molecule has 1 unspecified atom stereocenters. The summed E-state index contributed by atoms with van der Waals surface area (Å²) in [6, 6.07) is 5.23. The topological polar surface area (TPSA) is 26.0 Å². The normalized spacial score (nSPS) is 14.1. The monoisotopic (exact) mass is 245 g/mol. The lowest BCUT2D eigenvalue weighted by Gasteiger charge is -2.14. The van der Waals surface area contributed by atoms with Gasteiger partial charge >= 0.3 is 6.18 Å². The molecule has 1 aromatic carbocycles. The van der Waals surface area contributed by atoms with Gasteiger partial charge in [-0.1, -0.05) is 26.0 Å². The molecule has 0 aliphatic carbocycles. The van der Waals surface area contributed by atoms with Crippen molar-refractivity contribution < 1.29 is 13.2 Å². The number of alkyl halides is 3. The largest absolute Gasteiger partial charge is 0.416 e. The van der Waals surface area contributed by atoms with Crippen molar-refractivity contribution in [2.45, 2.75) is 38.9 Å². The molecule has 0 saturated carbocycles. The van der Waals surface area contributed by atoms with Gasteiger partial charge in [-0.05, 0) is 36.5 Å². The van der Waals surface area contributed by atoms with E-state index in [2.05, 4.69) is 13.8 Å². The highest BCUT2D eigenvalue weighted by atomic mass is 19.4. The first kappa shape index (κ1) is 14.0. The fourth-order valence-corrected chi connectivity index (χ4v) is 1.82. The SMILES string of the molecule is CC(C)CC(N)Cc1ccc(C(F)(F)F)cc1. The summed E-state index contributed by atoms with van der Waals surface area (Å²) >= 11 is 0. The molecule has 4 heteroatoms. The average molecular weight is 245 g/mol. The lowest BCUT2D eigenvalue weighted by Crippen LogP contribution is -2.24. The first-order chi connectivity index (χ1) is 7.79. The molecular formula is C13H18F3N. The fraction of sp³-hybridized carbons (Fsp3) is 0.538. The molecule has 0 bridgehead atoms. The van der Waals surface area contributed by atoms with Crippen LogP contribution in [0.3, 0.4) is 0 Å². The van der Waals surface area contributed by atoms with E-state index in [0.717, 1.165) is 24.1 Å². The summed E-state index contributed by atoms with van der Waals surface area (Å²) in [4.78, 5) is 0. The van der Waals surface area contributed by atoms with Crippen LogP contribution in [0.15, 0.2) is 24.3 Å². The summed E-state index contributed by atoms with van der Waals surface area (Å²) in [5, 5.41) is 0. The van der Waals surface area contributed by atoms with Gasteiger partial charge in [-0.15, -0.1) is 0 Å². The highest BCUT2D eigenvalue weighted by Crippen LogP contribution is 2.29. The van der Waals surface area contributed by atoms with Crippen molar-refractivity contribution in [3.8, 4) is 0 Å². The van der Waals surface area contributed by atoms with Gasteiger partial charge in [-0.2, -0.15) is 13.2 Å². The predicted molar refractivity (Wildman–Crippen MR) is 62.6 cm³/mol. The molecule has 0 saturated heterocycles. The fourth-order valence-electron chi connectivity index (χ4n) is 1.82. The van der Waals surface area contributed by atoms with Crippen molar-refractivity contribution in [1.29, 1.82) is 0 Å². The molecule has 17 heavy (non-hydrogen) atoms. The third kappa shape index (κ3) is 4.77. The Morgan fingerprint density at radius 1 is 1.12 bits per heavy atom. The minimum Gasteiger partial charge on any atom is -0.327 e. The number of rotatable bonds is 4. The van der Waals surface area contributed by atoms with Crippen LogP contribution in [-0.4, -0.2) is 6.04 Å². The lowest BCUT2D eigenvalue weighted by atomic mass is 9.97. The molecule has 0 fully saturated rings. The van der Waals surface area contributed by atoms with E-state index >= 15 is 0 Å². The number of hydrogen-bond acceptors (Lipinski definition) is 1. The molecule has 0 aliphatic rings. The smallest absolute Gasteiger partial charge is 0.327 e. The molecule has 0 aliphatic heterocycles. The van der Waals surface area contributed by atoms with E-state index in [-0.39, 0.29) is 6.04 Å². The highest BCUT2D eigenvalue weighted by molar-refractivity contribution is 5.25. The van der Waals surface area contributed by atoms with E-state index in [1.54, 1.807) is 0 Å². The summed E-state index contributed by atoms with van der Waals surface area (Å²) in [6.45, 7) is 4.15. The summed E-state index contributed by atoms with van der Waals surface area (Å²) in [5.74, 6) is 0.499. The maximum absolute atomic E-state index is 12.3. The van der Waals surface area contributed by atoms with Crippen molar-refractivity contribution in [1.82, 2.24) is 0 Å². The molecule has 1 nitrogen and oxygen atoms in total. The van der Waals surface area contributed by atoms with Gasteiger partial charge in [-0.25, -0.2) is 0 Å². The van der Waals surface area contributed by atoms with Gasteiger partial charge in [0.25, 0.3) is 0 Å². The molecule has 0 amide bonds. The van der Waals surface area contributed by atoms with E-state index in [4.69, 9.17) is 5.73 Å². The molecule has 1 atom stereocenters. The zero-order valence-corrected chi connectivity index (χ0v) is 10.1. The minimum atomic E-state index is -4.27. The van der Waals surface area contributed by atoms with Crippen molar-refractivity contribution in [2.75, 3.05) is 0 Å². The van der Waals surface area contributed by atoms with E-state index in [1.165, 1.54) is 12.1 Å². The van der Waals surface area contributed by atoms with E-state index in [1.807, 2.05) is 0 Å². The number of hydrogen-bond donors (Lipinski definition) is 1. The molecule has 1 rings (SSSR count). The maximum Gasteiger partial charge on any atom is 0.416 e. The van der Waals surface area contributed by atoms with Gasteiger partial charge in [0.2, 0.25) is 0 Å². The molecule has 0 heterocycles. The van der Waals surface area contributed by atoms with Gasteiger partial charge in [0.1, 0.15) is 0 Å². The Hall–Kier alpha value is -1.03. The van der Waals surface area contributed by atoms with Gasteiger partial charge in [-0.3, -0.25) is 0 Å². The van der Waals surface area contributed by atoms with Crippen LogP contribution in [0.2, 0.25) is 0 Å². The molecule has 0 radical (unpaired) electrons. The Morgan fingerprint density at radius 3 is 2.06 bits per heavy atom. The Balaban J connectivity index is 2.63. The molecule has 96 valence electrons. The minimum absolute atomic E-state index is 0.00624. The Kier molecular flexibility index (Phi) is 4.57. The summed E-state index contributed by atoms with van der Waals surface area (Å²) < 4.78 is 37.0. The lowest BCUT2D eigenvalue weighted by molar-refractivity contribution is -0.137. The van der Waals surface area contributed by atoms with Gasteiger partial charge in [0.05, 0.1) is 5.56 Å². The summed E-state index contributed by atoms with van der Waals surface area (Å²) in [6.07, 6.45) is -2.77. The van der Waals surface area contributed by atoms with Crippen LogP contribution in [-0.2, 0) is 12.6 Å². The first-order valence-corrected chi connectivity index (χ1v) is 5.70. The van der Waals surface area contributed by atoms with E-state index < -0.39 is 11.7 Å². The third-order valence-corrected chi connectivity index (χ3v) is 2.55. The second-order valence-electron chi connectivity index (χ2n) is 4.79. The molecule has 0 spiro atoms. The number of benzene rings is 1. The zero-order valence-electron chi connectivity index (χ0n) is 10.1. The zero-order chi connectivity index (χ0) is 13.1. The van der Waals surface area contributed by atoms with Crippen molar-refractivity contribution >= 4 is 0 Å². The van der Waals surface area contributed by atoms with Crippen LogP contribution in [0.1, 0.15) is 31.4 Å².